The molecule has 0 spiro atoms. The number of nitrogens with zero attached hydrogens (tertiary/aromatic N) is 1. The fraction of sp³-hybridized carbons (Fsp3) is 0.500. The first-order chi connectivity index (χ1) is 6.72. The molecule has 1 atom stereocenters. The van der Waals surface area contributed by atoms with E-state index in [1.807, 2.05) is 6.08 Å². The van der Waals surface area contributed by atoms with Crippen molar-refractivity contribution in [3.8, 4) is 0 Å². The maximum atomic E-state index is 11.4. The number of hydrogen-bond donors (Lipinski definition) is 1. The zero-order valence-corrected chi connectivity index (χ0v) is 8.19. The molecular formula is C10H14N2O2. The van der Waals surface area contributed by atoms with Gasteiger partial charge in [-0.3, -0.25) is 4.79 Å². The van der Waals surface area contributed by atoms with Crippen LogP contribution in [0.4, 0.5) is 0 Å². The Morgan fingerprint density at radius 1 is 1.71 bits per heavy atom. The second kappa shape index (κ2) is 3.46. The van der Waals surface area contributed by atoms with Crippen molar-refractivity contribution in [3.63, 3.8) is 0 Å². The molecule has 0 amide bonds. The van der Waals surface area contributed by atoms with Gasteiger partial charge in [0, 0.05) is 6.20 Å². The van der Waals surface area contributed by atoms with Gasteiger partial charge in [-0.1, -0.05) is 0 Å². The van der Waals surface area contributed by atoms with E-state index in [1.54, 1.807) is 11.2 Å². The first kappa shape index (κ1) is 9.27. The molecule has 0 saturated heterocycles. The number of ether oxygens (including phenoxy) is 1. The number of carbonyl (C=O) groups excluding carboxylic acids is 1. The Kier molecular flexibility index (Phi) is 2.29. The molecule has 0 aromatic carbocycles. The highest BCUT2D eigenvalue weighted by Crippen LogP contribution is 2.35. The second-order valence-electron chi connectivity index (χ2n) is 3.66. The van der Waals surface area contributed by atoms with E-state index in [-0.39, 0.29) is 11.9 Å². The van der Waals surface area contributed by atoms with Gasteiger partial charge < -0.3 is 9.75 Å². The van der Waals surface area contributed by atoms with Gasteiger partial charge >= 0.3 is 5.97 Å². The smallest absolute Gasteiger partial charge is 0.313 e. The zero-order valence-electron chi connectivity index (χ0n) is 8.19. The van der Waals surface area contributed by atoms with Crippen molar-refractivity contribution < 1.29 is 9.53 Å². The van der Waals surface area contributed by atoms with E-state index in [0.717, 1.165) is 25.0 Å². The van der Waals surface area contributed by atoms with Crippen LogP contribution in [-0.4, -0.2) is 24.6 Å². The van der Waals surface area contributed by atoms with Gasteiger partial charge in [0.25, 0.3) is 0 Å². The molecule has 0 bridgehead atoms. The summed E-state index contributed by atoms with van der Waals surface area (Å²) < 4.78 is 4.76. The van der Waals surface area contributed by atoms with Crippen LogP contribution < -0.4 is 5.84 Å². The van der Waals surface area contributed by atoms with E-state index in [4.69, 9.17) is 10.6 Å². The molecule has 2 aliphatic rings. The van der Waals surface area contributed by atoms with E-state index in [0.29, 0.717) is 0 Å². The number of hydrazine groups is 1. The van der Waals surface area contributed by atoms with Crippen LogP contribution in [0.1, 0.15) is 12.8 Å². The summed E-state index contributed by atoms with van der Waals surface area (Å²) in [5.41, 5.74) is 2.38. The SMILES string of the molecule is COC(=O)C1CCC2=C1C=CN(N)C2. The summed E-state index contributed by atoms with van der Waals surface area (Å²) in [6.07, 6.45) is 5.54. The standard InChI is InChI=1S/C10H14N2O2/c1-14-10(13)9-3-2-7-6-12(11)5-4-8(7)9/h4-5,9H,2-3,6,11H2,1H3. The van der Waals surface area contributed by atoms with Crippen molar-refractivity contribution in [2.75, 3.05) is 13.7 Å². The summed E-state index contributed by atoms with van der Waals surface area (Å²) in [7, 11) is 1.43. The molecule has 0 aromatic rings. The molecule has 1 aliphatic heterocycles. The predicted molar refractivity (Wildman–Crippen MR) is 51.8 cm³/mol. The van der Waals surface area contributed by atoms with E-state index in [9.17, 15) is 4.79 Å². The van der Waals surface area contributed by atoms with E-state index in [2.05, 4.69) is 0 Å². The first-order valence-corrected chi connectivity index (χ1v) is 4.71. The van der Waals surface area contributed by atoms with Crippen LogP contribution >= 0.6 is 0 Å². The van der Waals surface area contributed by atoms with Crippen LogP contribution in [0.25, 0.3) is 0 Å². The van der Waals surface area contributed by atoms with Gasteiger partial charge in [-0.25, -0.2) is 5.84 Å². The van der Waals surface area contributed by atoms with Gasteiger partial charge in [0.1, 0.15) is 0 Å². The van der Waals surface area contributed by atoms with Gasteiger partial charge in [-0.2, -0.15) is 0 Å². The third-order valence-corrected chi connectivity index (χ3v) is 2.82. The van der Waals surface area contributed by atoms with Gasteiger partial charge in [-0.15, -0.1) is 0 Å². The predicted octanol–water partition coefficient (Wildman–Crippen LogP) is 0.569. The van der Waals surface area contributed by atoms with Crippen molar-refractivity contribution in [1.82, 2.24) is 5.01 Å². The van der Waals surface area contributed by atoms with Crippen LogP contribution in [0, 0.1) is 5.92 Å². The third kappa shape index (κ3) is 1.42. The lowest BCUT2D eigenvalue weighted by Crippen LogP contribution is -2.29. The summed E-state index contributed by atoms with van der Waals surface area (Å²) in [6.45, 7) is 0.735. The Balaban J connectivity index is 2.20. The lowest BCUT2D eigenvalue weighted by atomic mass is 9.99. The molecule has 0 radical (unpaired) electrons. The molecule has 2 N–H and O–H groups in total. The van der Waals surface area contributed by atoms with Gasteiger partial charge in [0.2, 0.25) is 0 Å². The van der Waals surface area contributed by atoms with Gasteiger partial charge in [0.05, 0.1) is 19.6 Å². The summed E-state index contributed by atoms with van der Waals surface area (Å²) in [6, 6.07) is 0. The molecule has 1 heterocycles. The third-order valence-electron chi connectivity index (χ3n) is 2.82. The van der Waals surface area contributed by atoms with Gasteiger partial charge in [-0.05, 0) is 30.1 Å². The maximum Gasteiger partial charge on any atom is 0.313 e. The van der Waals surface area contributed by atoms with E-state index < -0.39 is 0 Å². The van der Waals surface area contributed by atoms with Crippen molar-refractivity contribution in [1.29, 1.82) is 0 Å². The number of esters is 1. The van der Waals surface area contributed by atoms with Crippen molar-refractivity contribution in [3.05, 3.63) is 23.4 Å². The number of carbonyl (C=O) groups is 1. The van der Waals surface area contributed by atoms with Gasteiger partial charge in [0.15, 0.2) is 0 Å². The number of nitrogens with two attached hydrogens (primary N) is 1. The lowest BCUT2D eigenvalue weighted by molar-refractivity contribution is -0.143. The first-order valence-electron chi connectivity index (χ1n) is 4.71. The molecule has 1 aliphatic carbocycles. The van der Waals surface area contributed by atoms with Crippen molar-refractivity contribution in [2.24, 2.45) is 11.8 Å². The molecule has 76 valence electrons. The summed E-state index contributed by atoms with van der Waals surface area (Å²) in [5.74, 6) is 5.44. The zero-order chi connectivity index (χ0) is 10.1. The maximum absolute atomic E-state index is 11.4. The highest BCUT2D eigenvalue weighted by Gasteiger charge is 2.31. The fourth-order valence-corrected chi connectivity index (χ4v) is 2.11. The lowest BCUT2D eigenvalue weighted by Gasteiger charge is -2.20. The highest BCUT2D eigenvalue weighted by molar-refractivity contribution is 5.78. The Bertz CT molecular complexity index is 320. The molecule has 4 nitrogen and oxygen atoms in total. The monoisotopic (exact) mass is 194 g/mol. The average Bonchev–Trinajstić information content (AvgIpc) is 2.59. The van der Waals surface area contributed by atoms with E-state index in [1.165, 1.54) is 12.7 Å². The van der Waals surface area contributed by atoms with Crippen LogP contribution in [-0.2, 0) is 9.53 Å². The normalized spacial score (nSPS) is 25.3. The minimum atomic E-state index is -0.134. The number of rotatable bonds is 1. The summed E-state index contributed by atoms with van der Waals surface area (Å²) in [5, 5.41) is 1.64. The minimum absolute atomic E-state index is 0.0695. The van der Waals surface area contributed by atoms with Crippen molar-refractivity contribution in [2.45, 2.75) is 12.8 Å². The average molecular weight is 194 g/mol. The fourth-order valence-electron chi connectivity index (χ4n) is 2.11. The quantitative estimate of drug-likeness (QED) is 0.489. The highest BCUT2D eigenvalue weighted by atomic mass is 16.5. The molecule has 0 fully saturated rings. The Labute approximate surface area is 83.0 Å². The van der Waals surface area contributed by atoms with Crippen LogP contribution in [0.3, 0.4) is 0 Å². The molecule has 1 unspecified atom stereocenters. The molecule has 4 heteroatoms. The number of allylic oxidation sites excluding steroid dienone is 1. The van der Waals surface area contributed by atoms with Crippen molar-refractivity contribution >= 4 is 5.97 Å². The molecule has 0 saturated carbocycles. The molecule has 0 aromatic heterocycles. The van der Waals surface area contributed by atoms with Crippen LogP contribution in [0.15, 0.2) is 23.4 Å². The second-order valence-corrected chi connectivity index (χ2v) is 3.66. The Hall–Kier alpha value is -1.29. The topological polar surface area (TPSA) is 55.6 Å². The Morgan fingerprint density at radius 2 is 2.50 bits per heavy atom. The number of hydrogen-bond acceptors (Lipinski definition) is 4. The molecular weight excluding hydrogens is 180 g/mol. The Morgan fingerprint density at radius 3 is 3.21 bits per heavy atom. The molecule has 14 heavy (non-hydrogen) atoms. The number of methoxy groups -OCH3 is 1. The van der Waals surface area contributed by atoms with Crippen LogP contribution in [0.5, 0.6) is 0 Å². The van der Waals surface area contributed by atoms with Crippen LogP contribution in [0.2, 0.25) is 0 Å². The largest absolute Gasteiger partial charge is 0.469 e. The van der Waals surface area contributed by atoms with E-state index >= 15 is 0 Å². The minimum Gasteiger partial charge on any atom is -0.469 e. The summed E-state index contributed by atoms with van der Waals surface area (Å²) >= 11 is 0. The summed E-state index contributed by atoms with van der Waals surface area (Å²) in [4.78, 5) is 11.4. The molecule has 2 rings (SSSR count).